The predicted molar refractivity (Wildman–Crippen MR) is 160 cm³/mol. The van der Waals surface area contributed by atoms with Crippen LogP contribution in [0.3, 0.4) is 0 Å². The molecule has 0 aromatic heterocycles. The molecule has 11 heteroatoms. The maximum absolute atomic E-state index is 13.9. The highest BCUT2D eigenvalue weighted by Gasteiger charge is 2.33. The minimum absolute atomic E-state index is 0.0800. The van der Waals surface area contributed by atoms with Crippen LogP contribution in [0, 0.1) is 11.3 Å². The summed E-state index contributed by atoms with van der Waals surface area (Å²) in [4.78, 5) is 41.5. The Bertz CT molecular complexity index is 1290. The zero-order valence-electron chi connectivity index (χ0n) is 25.1. The van der Waals surface area contributed by atoms with Crippen molar-refractivity contribution in [2.24, 2.45) is 11.3 Å². The van der Waals surface area contributed by atoms with Crippen molar-refractivity contribution in [2.45, 2.75) is 52.6 Å². The summed E-state index contributed by atoms with van der Waals surface area (Å²) in [6, 6.07) is 8.28. The van der Waals surface area contributed by atoms with Crippen LogP contribution in [0.5, 0.6) is 17.2 Å². The monoisotopic (exact) mass is 604 g/mol. The first-order valence-electron chi connectivity index (χ1n) is 13.9. The van der Waals surface area contributed by atoms with E-state index >= 15 is 0 Å². The number of hydrogen-bond donors (Lipinski definition) is 2. The third-order valence-corrected chi connectivity index (χ3v) is 7.41. The van der Waals surface area contributed by atoms with Gasteiger partial charge in [0.05, 0.1) is 32.9 Å². The molecule has 0 bridgehead atoms. The van der Waals surface area contributed by atoms with E-state index in [9.17, 15) is 24.6 Å². The molecule has 0 radical (unpaired) electrons. The van der Waals surface area contributed by atoms with Gasteiger partial charge in [-0.15, -0.1) is 0 Å². The van der Waals surface area contributed by atoms with E-state index in [1.165, 1.54) is 31.1 Å². The van der Waals surface area contributed by atoms with E-state index in [4.69, 9.17) is 25.8 Å². The van der Waals surface area contributed by atoms with E-state index in [1.807, 2.05) is 20.8 Å². The van der Waals surface area contributed by atoms with Gasteiger partial charge in [-0.3, -0.25) is 14.4 Å². The minimum Gasteiger partial charge on any atom is -0.495 e. The van der Waals surface area contributed by atoms with Gasteiger partial charge in [0, 0.05) is 54.7 Å². The summed E-state index contributed by atoms with van der Waals surface area (Å²) in [6.07, 6.45) is -0.354. The number of anilines is 1. The Morgan fingerprint density at radius 1 is 1.05 bits per heavy atom. The number of carboxylic acids is 1. The van der Waals surface area contributed by atoms with Crippen LogP contribution in [0.25, 0.3) is 0 Å². The summed E-state index contributed by atoms with van der Waals surface area (Å²) in [5.41, 5.74) is 0.673. The number of nitrogens with zero attached hydrogens (tertiary/aromatic N) is 2. The molecule has 2 amide bonds. The average molecular weight is 605 g/mol. The lowest BCUT2D eigenvalue weighted by Gasteiger charge is -2.34. The normalized spacial score (nSPS) is 16.0. The van der Waals surface area contributed by atoms with Crippen LogP contribution in [-0.4, -0.2) is 73.9 Å². The summed E-state index contributed by atoms with van der Waals surface area (Å²) in [5.74, 6) is -1.11. The lowest BCUT2D eigenvalue weighted by atomic mass is 9.93. The van der Waals surface area contributed by atoms with Gasteiger partial charge in [0.25, 0.3) is 0 Å². The van der Waals surface area contributed by atoms with E-state index in [-0.39, 0.29) is 48.9 Å². The molecule has 0 unspecified atom stereocenters. The third kappa shape index (κ3) is 7.86. The maximum Gasteiger partial charge on any atom is 0.308 e. The van der Waals surface area contributed by atoms with Gasteiger partial charge in [-0.25, -0.2) is 0 Å². The van der Waals surface area contributed by atoms with Gasteiger partial charge in [-0.05, 0) is 30.4 Å². The number of aliphatic hydroxyl groups is 1. The number of likely N-dealkylation sites (tertiary alicyclic amines) is 1. The third-order valence-electron chi connectivity index (χ3n) is 7.19. The first kappa shape index (κ1) is 33.0. The molecule has 1 saturated heterocycles. The van der Waals surface area contributed by atoms with Crippen molar-refractivity contribution in [3.63, 3.8) is 0 Å². The summed E-state index contributed by atoms with van der Waals surface area (Å²) < 4.78 is 16.7. The van der Waals surface area contributed by atoms with E-state index in [1.54, 1.807) is 30.3 Å². The van der Waals surface area contributed by atoms with Crippen molar-refractivity contribution in [3.05, 3.63) is 46.5 Å². The highest BCUT2D eigenvalue weighted by molar-refractivity contribution is 6.31. The second-order valence-electron chi connectivity index (χ2n) is 11.6. The summed E-state index contributed by atoms with van der Waals surface area (Å²) in [5, 5.41) is 21.4. The van der Waals surface area contributed by atoms with Crippen molar-refractivity contribution in [2.75, 3.05) is 45.9 Å². The first-order valence-corrected chi connectivity index (χ1v) is 14.3. The molecule has 0 saturated carbocycles. The largest absolute Gasteiger partial charge is 0.495 e. The summed E-state index contributed by atoms with van der Waals surface area (Å²) in [6.45, 7) is 6.77. The van der Waals surface area contributed by atoms with Gasteiger partial charge in [0.2, 0.25) is 11.8 Å². The van der Waals surface area contributed by atoms with Crippen molar-refractivity contribution in [1.82, 2.24) is 4.90 Å². The number of methoxy groups -OCH3 is 3. The number of piperidine rings is 1. The molecule has 230 valence electrons. The van der Waals surface area contributed by atoms with Crippen molar-refractivity contribution >= 4 is 35.1 Å². The van der Waals surface area contributed by atoms with Gasteiger partial charge in [0.1, 0.15) is 11.9 Å². The number of carbonyl (C=O) groups excluding carboxylic acids is 2. The molecule has 1 fully saturated rings. The van der Waals surface area contributed by atoms with Gasteiger partial charge in [0.15, 0.2) is 11.5 Å². The van der Waals surface area contributed by atoms with Gasteiger partial charge < -0.3 is 34.2 Å². The Balaban J connectivity index is 2.02. The molecule has 2 N–H and O–H groups in total. The van der Waals surface area contributed by atoms with Crippen LogP contribution < -0.4 is 19.1 Å². The molecular formula is C31H41ClN2O8. The highest BCUT2D eigenvalue weighted by Crippen LogP contribution is 2.45. The molecular weight excluding hydrogens is 564 g/mol. The number of aliphatic hydroxyl groups excluding tert-OH is 1. The number of carbonyl (C=O) groups is 3. The molecule has 42 heavy (non-hydrogen) atoms. The zero-order chi connectivity index (χ0) is 31.2. The van der Waals surface area contributed by atoms with Crippen molar-refractivity contribution in [3.8, 4) is 17.2 Å². The van der Waals surface area contributed by atoms with Crippen LogP contribution in [0.4, 0.5) is 5.69 Å². The van der Waals surface area contributed by atoms with Crippen LogP contribution in [-0.2, 0) is 14.4 Å². The average Bonchev–Trinajstić information content (AvgIpc) is 2.96. The molecule has 2 aromatic carbocycles. The predicted octanol–water partition coefficient (Wildman–Crippen LogP) is 4.93. The SMILES string of the molecule is COc1cccc([C@@H](O)c2cc(Cl)cc(OC)c2N(CC(C)(C)C)C(=O)CCC(=O)N2CCC[C@H](C(=O)O)C2)c1OC. The summed E-state index contributed by atoms with van der Waals surface area (Å²) >= 11 is 6.46. The fraction of sp³-hybridized carbons (Fsp3) is 0.516. The van der Waals surface area contributed by atoms with Gasteiger partial charge in [-0.1, -0.05) is 44.5 Å². The fourth-order valence-corrected chi connectivity index (χ4v) is 5.44. The number of ether oxygens (including phenoxy) is 3. The number of amides is 2. The Morgan fingerprint density at radius 3 is 2.33 bits per heavy atom. The second kappa shape index (κ2) is 14.1. The Morgan fingerprint density at radius 2 is 1.74 bits per heavy atom. The number of rotatable bonds is 11. The molecule has 0 aliphatic carbocycles. The van der Waals surface area contributed by atoms with Crippen LogP contribution >= 0.6 is 11.6 Å². The van der Waals surface area contributed by atoms with Crippen LogP contribution in [0.15, 0.2) is 30.3 Å². The number of aliphatic carboxylic acids is 1. The van der Waals surface area contributed by atoms with Crippen molar-refractivity contribution in [1.29, 1.82) is 0 Å². The summed E-state index contributed by atoms with van der Waals surface area (Å²) in [7, 11) is 4.43. The van der Waals surface area contributed by atoms with E-state index < -0.39 is 18.0 Å². The van der Waals surface area contributed by atoms with E-state index in [0.717, 1.165) is 0 Å². The first-order chi connectivity index (χ1) is 19.8. The Hall–Kier alpha value is -3.50. The molecule has 0 spiro atoms. The highest BCUT2D eigenvalue weighted by atomic mass is 35.5. The molecule has 3 rings (SSSR count). The van der Waals surface area contributed by atoms with Crippen LogP contribution in [0.1, 0.15) is 63.7 Å². The quantitative estimate of drug-likeness (QED) is 0.370. The number of para-hydroxylation sites is 1. The lowest BCUT2D eigenvalue weighted by Crippen LogP contribution is -2.43. The fourth-order valence-electron chi connectivity index (χ4n) is 5.22. The molecule has 1 heterocycles. The van der Waals surface area contributed by atoms with Crippen molar-refractivity contribution < 1.29 is 38.8 Å². The number of hydrogen-bond acceptors (Lipinski definition) is 7. The van der Waals surface area contributed by atoms with Gasteiger partial charge >= 0.3 is 5.97 Å². The molecule has 1 aliphatic heterocycles. The molecule has 1 aliphatic rings. The van der Waals surface area contributed by atoms with Gasteiger partial charge in [-0.2, -0.15) is 0 Å². The lowest BCUT2D eigenvalue weighted by molar-refractivity contribution is -0.146. The molecule has 10 nitrogen and oxygen atoms in total. The molecule has 2 aromatic rings. The molecule has 2 atom stereocenters. The topological polar surface area (TPSA) is 126 Å². The number of benzene rings is 2. The second-order valence-corrected chi connectivity index (χ2v) is 12.0. The minimum atomic E-state index is -1.28. The van der Waals surface area contributed by atoms with Crippen LogP contribution in [0.2, 0.25) is 5.02 Å². The number of carboxylic acid groups (broad SMARTS) is 1. The van der Waals surface area contributed by atoms with E-state index in [2.05, 4.69) is 0 Å². The van der Waals surface area contributed by atoms with E-state index in [0.29, 0.717) is 52.7 Å². The zero-order valence-corrected chi connectivity index (χ0v) is 25.9. The maximum atomic E-state index is 13.9. The standard InChI is InChI=1S/C31H41ClN2O8/c1-31(2,3)18-34(26(36)13-12-25(35)33-14-8-9-19(17-33)30(38)39)27-22(15-20(32)16-24(27)41-5)28(37)21-10-7-11-23(40-4)29(21)42-6/h7,10-11,15-16,19,28,37H,8-9,12-14,17-18H2,1-6H3,(H,38,39)/t19-,28+/m0/s1. The number of halogens is 1. The Kier molecular flexibility index (Phi) is 11.1. The smallest absolute Gasteiger partial charge is 0.308 e. The Labute approximate surface area is 252 Å².